The van der Waals surface area contributed by atoms with E-state index < -0.39 is 0 Å². The summed E-state index contributed by atoms with van der Waals surface area (Å²) < 4.78 is 1.36. The fourth-order valence-electron chi connectivity index (χ4n) is 1.59. The van der Waals surface area contributed by atoms with Crippen LogP contribution in [0, 0.1) is 0 Å². The molecule has 1 N–H and O–H groups in total. The molecule has 2 aromatic heterocycles. The second kappa shape index (κ2) is 5.75. The smallest absolute Gasteiger partial charge is 0.265 e. The van der Waals surface area contributed by atoms with Crippen LogP contribution < -0.4 is 5.56 Å². The Morgan fingerprint density at radius 1 is 1.33 bits per heavy atom. The van der Waals surface area contributed by atoms with Crippen molar-refractivity contribution in [2.24, 2.45) is 0 Å². The Kier molecular flexibility index (Phi) is 4.29. The third-order valence-electron chi connectivity index (χ3n) is 2.40. The Morgan fingerprint density at radius 2 is 2.11 bits per heavy atom. The van der Waals surface area contributed by atoms with Crippen LogP contribution in [0.15, 0.2) is 32.2 Å². The van der Waals surface area contributed by atoms with Crippen molar-refractivity contribution >= 4 is 31.9 Å². The Hall–Kier alpha value is -1.01. The molecule has 2 heterocycles. The van der Waals surface area contributed by atoms with Crippen LogP contribution in [-0.4, -0.2) is 15.0 Å². The SMILES string of the molecule is CCCc1nc(-c2cncc(Br)c2)[nH]c(=O)c1Br. The van der Waals surface area contributed by atoms with Gasteiger partial charge in [-0.05, 0) is 44.3 Å². The van der Waals surface area contributed by atoms with Gasteiger partial charge in [-0.1, -0.05) is 13.3 Å². The van der Waals surface area contributed by atoms with Crippen molar-refractivity contribution in [3.05, 3.63) is 43.5 Å². The third-order valence-corrected chi connectivity index (χ3v) is 3.65. The Balaban J connectivity index is 2.55. The third kappa shape index (κ3) is 2.87. The fourth-order valence-corrected chi connectivity index (χ4v) is 2.34. The van der Waals surface area contributed by atoms with Gasteiger partial charge in [0.1, 0.15) is 10.3 Å². The summed E-state index contributed by atoms with van der Waals surface area (Å²) in [6, 6.07) is 1.87. The molecule has 0 bridgehead atoms. The number of halogens is 2. The molecule has 18 heavy (non-hydrogen) atoms. The van der Waals surface area contributed by atoms with E-state index in [0.717, 1.165) is 28.6 Å². The first-order chi connectivity index (χ1) is 8.61. The summed E-state index contributed by atoms with van der Waals surface area (Å²) in [4.78, 5) is 23.1. The normalized spacial score (nSPS) is 10.6. The minimum absolute atomic E-state index is 0.163. The number of hydrogen-bond acceptors (Lipinski definition) is 3. The molecule has 0 atom stereocenters. The molecule has 0 aliphatic carbocycles. The number of hydrogen-bond donors (Lipinski definition) is 1. The van der Waals surface area contributed by atoms with Crippen LogP contribution in [-0.2, 0) is 6.42 Å². The highest BCUT2D eigenvalue weighted by Gasteiger charge is 2.10. The molecule has 4 nitrogen and oxygen atoms in total. The molecule has 2 rings (SSSR count). The van der Waals surface area contributed by atoms with Crippen LogP contribution in [0.25, 0.3) is 11.4 Å². The fraction of sp³-hybridized carbons (Fsp3) is 0.250. The van der Waals surface area contributed by atoms with E-state index >= 15 is 0 Å². The number of rotatable bonds is 3. The molecule has 0 fully saturated rings. The quantitative estimate of drug-likeness (QED) is 0.899. The minimum Gasteiger partial charge on any atom is -0.305 e. The second-order valence-electron chi connectivity index (χ2n) is 3.82. The van der Waals surface area contributed by atoms with Crippen molar-refractivity contribution in [3.8, 4) is 11.4 Å². The molecule has 0 amide bonds. The van der Waals surface area contributed by atoms with Crippen LogP contribution >= 0.6 is 31.9 Å². The molecule has 0 aromatic carbocycles. The monoisotopic (exact) mass is 371 g/mol. The first kappa shape index (κ1) is 13.4. The van der Waals surface area contributed by atoms with Crippen LogP contribution in [0.2, 0.25) is 0 Å². The average molecular weight is 373 g/mol. The maximum atomic E-state index is 11.8. The summed E-state index contributed by atoms with van der Waals surface area (Å²) in [6.45, 7) is 2.05. The summed E-state index contributed by atoms with van der Waals surface area (Å²) in [6.07, 6.45) is 5.06. The summed E-state index contributed by atoms with van der Waals surface area (Å²) in [7, 11) is 0. The van der Waals surface area contributed by atoms with Gasteiger partial charge in [0.25, 0.3) is 5.56 Å². The van der Waals surface area contributed by atoms with E-state index in [1.807, 2.05) is 6.07 Å². The Labute approximate surface area is 121 Å². The zero-order valence-electron chi connectivity index (χ0n) is 9.70. The summed E-state index contributed by atoms with van der Waals surface area (Å²) in [5.41, 5.74) is 1.39. The van der Waals surface area contributed by atoms with E-state index in [9.17, 15) is 4.79 Å². The number of aromatic amines is 1. The molecule has 6 heteroatoms. The van der Waals surface area contributed by atoms with Crippen molar-refractivity contribution in [3.63, 3.8) is 0 Å². The van der Waals surface area contributed by atoms with E-state index in [4.69, 9.17) is 0 Å². The first-order valence-corrected chi connectivity index (χ1v) is 7.10. The van der Waals surface area contributed by atoms with Gasteiger partial charge in [-0.15, -0.1) is 0 Å². The van der Waals surface area contributed by atoms with E-state index in [2.05, 4.69) is 53.7 Å². The molecule has 0 radical (unpaired) electrons. The van der Waals surface area contributed by atoms with Crippen molar-refractivity contribution in [2.45, 2.75) is 19.8 Å². The van der Waals surface area contributed by atoms with Gasteiger partial charge < -0.3 is 4.98 Å². The summed E-state index contributed by atoms with van der Waals surface area (Å²) in [5.74, 6) is 0.542. The first-order valence-electron chi connectivity index (χ1n) is 5.51. The number of aryl methyl sites for hydroxylation is 1. The molecule has 0 aliphatic heterocycles. The highest BCUT2D eigenvalue weighted by Crippen LogP contribution is 2.20. The van der Waals surface area contributed by atoms with Crippen molar-refractivity contribution in [1.82, 2.24) is 15.0 Å². The molecule has 0 unspecified atom stereocenters. The van der Waals surface area contributed by atoms with E-state index in [1.54, 1.807) is 12.4 Å². The molecular formula is C12H11Br2N3O. The Morgan fingerprint density at radius 3 is 2.78 bits per heavy atom. The average Bonchev–Trinajstić information content (AvgIpc) is 2.35. The van der Waals surface area contributed by atoms with Gasteiger partial charge >= 0.3 is 0 Å². The van der Waals surface area contributed by atoms with Crippen LogP contribution in [0.1, 0.15) is 19.0 Å². The van der Waals surface area contributed by atoms with Crippen molar-refractivity contribution in [1.29, 1.82) is 0 Å². The predicted octanol–water partition coefficient (Wildman–Crippen LogP) is 3.31. The Bertz CT molecular complexity index is 625. The van der Waals surface area contributed by atoms with Gasteiger partial charge in [0.05, 0.1) is 5.69 Å². The number of nitrogens with one attached hydrogen (secondary N) is 1. The van der Waals surface area contributed by atoms with Gasteiger partial charge in [0, 0.05) is 22.4 Å². The van der Waals surface area contributed by atoms with Gasteiger partial charge in [-0.2, -0.15) is 0 Å². The molecule has 0 aliphatic rings. The van der Waals surface area contributed by atoms with E-state index in [1.165, 1.54) is 0 Å². The second-order valence-corrected chi connectivity index (χ2v) is 5.53. The number of H-pyrrole nitrogens is 1. The lowest BCUT2D eigenvalue weighted by molar-refractivity contribution is 0.861. The zero-order valence-corrected chi connectivity index (χ0v) is 12.9. The maximum absolute atomic E-state index is 11.8. The van der Waals surface area contributed by atoms with E-state index in [0.29, 0.717) is 10.3 Å². The summed E-state index contributed by atoms with van der Waals surface area (Å²) in [5, 5.41) is 0. The van der Waals surface area contributed by atoms with Gasteiger partial charge in [0.15, 0.2) is 0 Å². The lowest BCUT2D eigenvalue weighted by atomic mass is 10.2. The lowest BCUT2D eigenvalue weighted by Crippen LogP contribution is -2.13. The number of pyridine rings is 1. The molecule has 0 saturated heterocycles. The van der Waals surface area contributed by atoms with Gasteiger partial charge in [0.2, 0.25) is 0 Å². The van der Waals surface area contributed by atoms with E-state index in [-0.39, 0.29) is 5.56 Å². The highest BCUT2D eigenvalue weighted by molar-refractivity contribution is 9.10. The molecule has 0 spiro atoms. The van der Waals surface area contributed by atoms with Crippen molar-refractivity contribution < 1.29 is 0 Å². The predicted molar refractivity (Wildman–Crippen MR) is 77.5 cm³/mol. The standard InChI is InChI=1S/C12H11Br2N3O/c1-2-3-9-10(14)12(18)17-11(16-9)7-4-8(13)6-15-5-7/h4-6H,2-3H2,1H3,(H,16,17,18). The largest absolute Gasteiger partial charge is 0.305 e. The van der Waals surface area contributed by atoms with Crippen LogP contribution in [0.4, 0.5) is 0 Å². The van der Waals surface area contributed by atoms with Crippen LogP contribution in [0.3, 0.4) is 0 Å². The van der Waals surface area contributed by atoms with Crippen molar-refractivity contribution in [2.75, 3.05) is 0 Å². The number of aromatic nitrogens is 3. The van der Waals surface area contributed by atoms with Gasteiger partial charge in [-0.3, -0.25) is 9.78 Å². The van der Waals surface area contributed by atoms with Gasteiger partial charge in [-0.25, -0.2) is 4.98 Å². The lowest BCUT2D eigenvalue weighted by Gasteiger charge is -2.06. The molecule has 2 aromatic rings. The number of nitrogens with zero attached hydrogens (tertiary/aromatic N) is 2. The summed E-state index contributed by atoms with van der Waals surface area (Å²) >= 11 is 6.62. The molecule has 0 saturated carbocycles. The van der Waals surface area contributed by atoms with Crippen LogP contribution in [0.5, 0.6) is 0 Å². The molecular weight excluding hydrogens is 362 g/mol. The topological polar surface area (TPSA) is 58.6 Å². The minimum atomic E-state index is -0.163. The molecule has 94 valence electrons. The highest BCUT2D eigenvalue weighted by atomic mass is 79.9. The zero-order chi connectivity index (χ0) is 13.1. The maximum Gasteiger partial charge on any atom is 0.265 e.